The maximum atomic E-state index is 6.45. The standard InChI is InChI=1S/C67H50N4/c1-3-50-22-14-17-33-62(50)65(4-2)69(53-27-8-5-9-28-53)59-44-38-56(39-45-59)68(57-40-46-60(47-41-57)70(54-29-10-6-11-30-54)66-36-20-25-51-23-15-18-34-63(51)66)58-42-48-61(49-43-58)71(55-31-12-7-13-32-55)67-37-21-26-52-24-16-19-35-64(52)67/h2-3,5-49H,1H3/b50-3-,65-62+. The number of nitrogens with zero attached hydrogens (tertiary/aromatic N) is 4. The Hall–Kier alpha value is -9.56. The van der Waals surface area contributed by atoms with E-state index >= 15 is 0 Å². The van der Waals surface area contributed by atoms with Gasteiger partial charge in [-0.05, 0) is 144 Å². The summed E-state index contributed by atoms with van der Waals surface area (Å²) in [4.78, 5) is 9.19. The Morgan fingerprint density at radius 1 is 0.324 bits per heavy atom. The van der Waals surface area contributed by atoms with Crippen molar-refractivity contribution >= 4 is 95.9 Å². The van der Waals surface area contributed by atoms with Crippen LogP contribution in [0.1, 0.15) is 6.92 Å². The van der Waals surface area contributed by atoms with Crippen LogP contribution in [0, 0.1) is 12.3 Å². The van der Waals surface area contributed by atoms with E-state index in [0.717, 1.165) is 78.7 Å². The third-order valence-corrected chi connectivity index (χ3v) is 13.0. The van der Waals surface area contributed by atoms with Crippen molar-refractivity contribution in [2.75, 3.05) is 19.6 Å². The number of hydrogen-bond acceptors (Lipinski definition) is 4. The summed E-state index contributed by atoms with van der Waals surface area (Å²) in [7, 11) is 0. The first-order valence-electron chi connectivity index (χ1n) is 24.0. The molecule has 4 heteroatoms. The molecule has 0 spiro atoms. The molecule has 11 aromatic rings. The van der Waals surface area contributed by atoms with Gasteiger partial charge in [0.05, 0.1) is 11.4 Å². The van der Waals surface area contributed by atoms with Crippen LogP contribution >= 0.6 is 0 Å². The monoisotopic (exact) mass is 910 g/mol. The number of rotatable bonds is 12. The summed E-state index contributed by atoms with van der Waals surface area (Å²) in [6.45, 7) is 2.05. The maximum Gasteiger partial charge on any atom is 0.105 e. The van der Waals surface area contributed by atoms with Crippen molar-refractivity contribution in [3.63, 3.8) is 0 Å². The summed E-state index contributed by atoms with van der Waals surface area (Å²) >= 11 is 0. The summed E-state index contributed by atoms with van der Waals surface area (Å²) < 4.78 is 0. The number of anilines is 11. The largest absolute Gasteiger partial charge is 0.310 e. The van der Waals surface area contributed by atoms with Gasteiger partial charge in [-0.15, -0.1) is 6.42 Å². The molecule has 0 atom stereocenters. The first-order valence-corrected chi connectivity index (χ1v) is 24.0. The Kier molecular flexibility index (Phi) is 12.4. The van der Waals surface area contributed by atoms with Crippen LogP contribution in [0.15, 0.2) is 273 Å². The molecule has 0 N–H and O–H groups in total. The number of fused-ring (bicyclic) bond motifs is 2. The normalized spacial score (nSPS) is 11.7. The zero-order chi connectivity index (χ0) is 47.9. The number of benzene rings is 11. The highest BCUT2D eigenvalue weighted by molar-refractivity contribution is 6.00. The van der Waals surface area contributed by atoms with Gasteiger partial charge in [-0.25, -0.2) is 0 Å². The molecule has 0 aliphatic heterocycles. The molecule has 0 radical (unpaired) electrons. The van der Waals surface area contributed by atoms with Gasteiger partial charge in [0.25, 0.3) is 0 Å². The summed E-state index contributed by atoms with van der Waals surface area (Å²) in [5.74, 6) is 3.08. The van der Waals surface area contributed by atoms with Gasteiger partial charge < -0.3 is 19.6 Å². The highest BCUT2D eigenvalue weighted by Crippen LogP contribution is 2.44. The molecule has 0 bridgehead atoms. The highest BCUT2D eigenvalue weighted by Gasteiger charge is 2.21. The summed E-state index contributed by atoms with van der Waals surface area (Å²) in [5.41, 5.74) is 12.2. The Labute approximate surface area is 416 Å². The van der Waals surface area contributed by atoms with Gasteiger partial charge in [0, 0.05) is 67.2 Å². The van der Waals surface area contributed by atoms with E-state index < -0.39 is 0 Å². The lowest BCUT2D eigenvalue weighted by Crippen LogP contribution is -2.32. The van der Waals surface area contributed by atoms with E-state index in [0.29, 0.717) is 0 Å². The van der Waals surface area contributed by atoms with Crippen LogP contribution in [0.4, 0.5) is 62.6 Å². The van der Waals surface area contributed by atoms with Crippen molar-refractivity contribution in [1.82, 2.24) is 0 Å². The Morgan fingerprint density at radius 2 is 0.648 bits per heavy atom. The lowest BCUT2D eigenvalue weighted by atomic mass is 10.1. The van der Waals surface area contributed by atoms with Crippen molar-refractivity contribution in [2.24, 2.45) is 0 Å². The lowest BCUT2D eigenvalue weighted by molar-refractivity contribution is 1.24. The van der Waals surface area contributed by atoms with Gasteiger partial charge in [-0.2, -0.15) is 0 Å². The molecule has 4 nitrogen and oxygen atoms in total. The minimum absolute atomic E-state index is 0.768. The zero-order valence-electron chi connectivity index (χ0n) is 39.4. The van der Waals surface area contributed by atoms with Gasteiger partial charge in [0.15, 0.2) is 0 Å². The Morgan fingerprint density at radius 3 is 1.08 bits per heavy atom. The molecule has 0 aromatic heterocycles. The average molecular weight is 911 g/mol. The molecule has 0 heterocycles. The van der Waals surface area contributed by atoms with Crippen LogP contribution in [0.25, 0.3) is 33.3 Å². The third kappa shape index (κ3) is 8.77. The van der Waals surface area contributed by atoms with Crippen LogP contribution in [0.5, 0.6) is 0 Å². The Bertz CT molecular complexity index is 3600. The van der Waals surface area contributed by atoms with E-state index in [4.69, 9.17) is 6.42 Å². The van der Waals surface area contributed by atoms with Gasteiger partial charge >= 0.3 is 0 Å². The van der Waals surface area contributed by atoms with Crippen molar-refractivity contribution in [2.45, 2.75) is 6.92 Å². The predicted octanol–water partition coefficient (Wildman–Crippen LogP) is 16.8. The fourth-order valence-electron chi connectivity index (χ4n) is 9.73. The summed E-state index contributed by atoms with van der Waals surface area (Å²) in [6, 6.07) is 96.6. The van der Waals surface area contributed by atoms with Crippen LogP contribution < -0.4 is 30.0 Å². The zero-order valence-corrected chi connectivity index (χ0v) is 39.4. The summed E-state index contributed by atoms with van der Waals surface area (Å²) in [5, 5.41) is 6.82. The topological polar surface area (TPSA) is 13.0 Å². The minimum Gasteiger partial charge on any atom is -0.310 e. The number of para-hydroxylation sites is 3. The minimum atomic E-state index is 0.768. The predicted molar refractivity (Wildman–Crippen MR) is 302 cm³/mol. The van der Waals surface area contributed by atoms with Gasteiger partial charge in [-0.3, -0.25) is 0 Å². The van der Waals surface area contributed by atoms with Crippen LogP contribution in [-0.2, 0) is 0 Å². The fraction of sp³-hybridized carbons (Fsp3) is 0.0149. The van der Waals surface area contributed by atoms with Crippen molar-refractivity contribution in [3.05, 3.63) is 283 Å². The smallest absolute Gasteiger partial charge is 0.105 e. The highest BCUT2D eigenvalue weighted by atomic mass is 15.2. The molecule has 0 saturated heterocycles. The molecular weight excluding hydrogens is 861 g/mol. The summed E-state index contributed by atoms with van der Waals surface area (Å²) in [6.07, 6.45) is 8.55. The second kappa shape index (κ2) is 20.0. The van der Waals surface area contributed by atoms with Crippen LogP contribution in [-0.4, -0.2) is 0 Å². The molecule has 338 valence electrons. The lowest BCUT2D eigenvalue weighted by Gasteiger charge is -2.30. The number of hydrogen-bond donors (Lipinski definition) is 0. The van der Waals surface area contributed by atoms with E-state index in [1.54, 1.807) is 0 Å². The third-order valence-electron chi connectivity index (χ3n) is 13.0. The first kappa shape index (κ1) is 44.0. The molecule has 0 fully saturated rings. The Balaban J connectivity index is 1.05. The molecule has 0 aliphatic rings. The van der Waals surface area contributed by atoms with Crippen LogP contribution in [0.2, 0.25) is 0 Å². The molecule has 0 amide bonds. The molecule has 0 saturated carbocycles. The van der Waals surface area contributed by atoms with E-state index in [-0.39, 0.29) is 0 Å². The van der Waals surface area contributed by atoms with Gasteiger partial charge in [0.1, 0.15) is 5.70 Å². The van der Waals surface area contributed by atoms with E-state index in [9.17, 15) is 0 Å². The van der Waals surface area contributed by atoms with Crippen molar-refractivity contribution in [1.29, 1.82) is 0 Å². The van der Waals surface area contributed by atoms with Gasteiger partial charge in [0.2, 0.25) is 0 Å². The quantitative estimate of drug-likeness (QED) is 0.113. The van der Waals surface area contributed by atoms with Crippen molar-refractivity contribution < 1.29 is 0 Å². The molecule has 0 aliphatic carbocycles. The van der Waals surface area contributed by atoms with Gasteiger partial charge in [-0.1, -0.05) is 164 Å². The molecule has 0 unspecified atom stereocenters. The second-order valence-electron chi connectivity index (χ2n) is 17.3. The first-order chi connectivity index (χ1) is 35.2. The van der Waals surface area contributed by atoms with E-state index in [1.807, 2.05) is 25.1 Å². The van der Waals surface area contributed by atoms with E-state index in [2.05, 4.69) is 286 Å². The second-order valence-corrected chi connectivity index (χ2v) is 17.3. The average Bonchev–Trinajstić information content (AvgIpc) is 3.44. The van der Waals surface area contributed by atoms with Crippen LogP contribution in [0.3, 0.4) is 0 Å². The molecular formula is C67H50N4. The SMILES string of the molecule is C#C/C(=c1/cccc/c1=C/C)N(c1ccccc1)c1ccc(N(c2ccc(N(c3ccccc3)c3cccc4ccccc34)cc2)c2ccc(N(c3ccccc3)c3cccc4ccccc34)cc2)cc1. The molecule has 11 aromatic carbocycles. The number of terminal acetylenes is 1. The molecule has 71 heavy (non-hydrogen) atoms. The fourth-order valence-corrected chi connectivity index (χ4v) is 9.73. The maximum absolute atomic E-state index is 6.45. The molecule has 11 rings (SSSR count). The van der Waals surface area contributed by atoms with E-state index in [1.165, 1.54) is 21.5 Å². The van der Waals surface area contributed by atoms with Crippen molar-refractivity contribution in [3.8, 4) is 12.3 Å².